The van der Waals surface area contributed by atoms with E-state index in [9.17, 15) is 4.79 Å². The molecule has 1 aromatic heterocycles. The highest BCUT2D eigenvalue weighted by Gasteiger charge is 2.18. The van der Waals surface area contributed by atoms with E-state index in [2.05, 4.69) is 34.6 Å². The van der Waals surface area contributed by atoms with Gasteiger partial charge in [-0.25, -0.2) is 4.79 Å². The van der Waals surface area contributed by atoms with Gasteiger partial charge in [0.2, 0.25) is 0 Å². The van der Waals surface area contributed by atoms with Crippen molar-refractivity contribution in [3.05, 3.63) is 76.8 Å². The van der Waals surface area contributed by atoms with Crippen LogP contribution in [0.25, 0.3) is 17.0 Å². The summed E-state index contributed by atoms with van der Waals surface area (Å²) in [6.45, 7) is 1.95. The van der Waals surface area contributed by atoms with Crippen LogP contribution >= 0.6 is 0 Å². The molecule has 5 nitrogen and oxygen atoms in total. The summed E-state index contributed by atoms with van der Waals surface area (Å²) in [5.41, 5.74) is 2.24. The first-order chi connectivity index (χ1) is 13.7. The van der Waals surface area contributed by atoms with Gasteiger partial charge in [0, 0.05) is 30.6 Å². The molecule has 0 aliphatic carbocycles. The zero-order valence-corrected chi connectivity index (χ0v) is 15.9. The van der Waals surface area contributed by atoms with Gasteiger partial charge in [-0.2, -0.15) is 0 Å². The Hall–Kier alpha value is -3.21. The van der Waals surface area contributed by atoms with E-state index in [-0.39, 0.29) is 5.63 Å². The molecule has 1 aliphatic heterocycles. The van der Waals surface area contributed by atoms with Crippen LogP contribution in [0.1, 0.15) is 18.4 Å². The predicted molar refractivity (Wildman–Crippen MR) is 113 cm³/mol. The Labute approximate surface area is 164 Å². The Morgan fingerprint density at radius 3 is 2.64 bits per heavy atom. The van der Waals surface area contributed by atoms with Crippen molar-refractivity contribution in [1.82, 2.24) is 4.90 Å². The van der Waals surface area contributed by atoms with Crippen molar-refractivity contribution in [3.63, 3.8) is 0 Å². The normalized spacial score (nSPS) is 15.2. The summed E-state index contributed by atoms with van der Waals surface area (Å²) in [5, 5.41) is 4.41. The first kappa shape index (κ1) is 18.2. The number of fused-ring (bicyclic) bond motifs is 1. The molecule has 1 saturated heterocycles. The average Bonchev–Trinajstić information content (AvgIpc) is 2.73. The molecule has 0 unspecified atom stereocenters. The number of piperidine rings is 1. The van der Waals surface area contributed by atoms with Crippen molar-refractivity contribution in [3.8, 4) is 5.75 Å². The number of rotatable bonds is 5. The van der Waals surface area contributed by atoms with E-state index in [4.69, 9.17) is 9.15 Å². The van der Waals surface area contributed by atoms with Crippen molar-refractivity contribution < 1.29 is 9.15 Å². The second kappa shape index (κ2) is 8.21. The van der Waals surface area contributed by atoms with Gasteiger partial charge in [-0.05, 0) is 48.9 Å². The lowest BCUT2D eigenvalue weighted by Gasteiger charge is -2.32. The molecular weight excluding hydrogens is 352 g/mol. The molecule has 0 spiro atoms. The quantitative estimate of drug-likeness (QED) is 0.671. The fraction of sp³-hybridized carbons (Fsp3) is 0.261. The fourth-order valence-corrected chi connectivity index (χ4v) is 3.56. The molecule has 2 heterocycles. The monoisotopic (exact) mass is 376 g/mol. The first-order valence-electron chi connectivity index (χ1n) is 9.57. The summed E-state index contributed by atoms with van der Waals surface area (Å²) < 4.78 is 10.6. The van der Waals surface area contributed by atoms with Crippen LogP contribution < -0.4 is 15.7 Å². The SMILES string of the molecule is COc1ccc2oc(=O)cc(NC3CCN(/C=C/c4ccccc4)CC3)c2c1. The Morgan fingerprint density at radius 1 is 1.11 bits per heavy atom. The van der Waals surface area contributed by atoms with E-state index in [0.717, 1.165) is 42.8 Å². The fourth-order valence-electron chi connectivity index (χ4n) is 3.56. The molecule has 3 aromatic rings. The Morgan fingerprint density at radius 2 is 1.89 bits per heavy atom. The maximum Gasteiger partial charge on any atom is 0.338 e. The van der Waals surface area contributed by atoms with E-state index < -0.39 is 0 Å². The second-order valence-electron chi connectivity index (χ2n) is 7.02. The van der Waals surface area contributed by atoms with Gasteiger partial charge in [-0.15, -0.1) is 0 Å². The summed E-state index contributed by atoms with van der Waals surface area (Å²) in [5.74, 6) is 0.741. The van der Waals surface area contributed by atoms with Crippen molar-refractivity contribution >= 4 is 22.7 Å². The minimum absolute atomic E-state index is 0.317. The highest BCUT2D eigenvalue weighted by molar-refractivity contribution is 5.90. The molecule has 1 fully saturated rings. The molecule has 4 rings (SSSR count). The number of anilines is 1. The minimum atomic E-state index is -0.344. The van der Waals surface area contributed by atoms with Gasteiger partial charge < -0.3 is 19.4 Å². The summed E-state index contributed by atoms with van der Waals surface area (Å²) in [7, 11) is 1.63. The topological polar surface area (TPSA) is 54.7 Å². The molecule has 144 valence electrons. The van der Waals surface area contributed by atoms with Crippen molar-refractivity contribution in [2.45, 2.75) is 18.9 Å². The Balaban J connectivity index is 1.43. The highest BCUT2D eigenvalue weighted by atomic mass is 16.5. The third-order valence-electron chi connectivity index (χ3n) is 5.12. The number of hydrogen-bond acceptors (Lipinski definition) is 5. The van der Waals surface area contributed by atoms with Crippen LogP contribution in [0.15, 0.2) is 70.0 Å². The lowest BCUT2D eigenvalue weighted by Crippen LogP contribution is -2.36. The van der Waals surface area contributed by atoms with E-state index in [0.29, 0.717) is 11.6 Å². The summed E-state index contributed by atoms with van der Waals surface area (Å²) in [4.78, 5) is 14.3. The molecule has 0 amide bonds. The molecule has 0 radical (unpaired) electrons. The number of methoxy groups -OCH3 is 1. The molecule has 1 aliphatic rings. The Kier molecular flexibility index (Phi) is 5.33. The van der Waals surface area contributed by atoms with Gasteiger partial charge in [0.1, 0.15) is 11.3 Å². The third kappa shape index (κ3) is 4.19. The molecule has 2 aromatic carbocycles. The number of hydrogen-bond donors (Lipinski definition) is 1. The van der Waals surface area contributed by atoms with Crippen molar-refractivity contribution in [1.29, 1.82) is 0 Å². The number of nitrogens with one attached hydrogen (secondary N) is 1. The summed E-state index contributed by atoms with van der Waals surface area (Å²) >= 11 is 0. The maximum absolute atomic E-state index is 11.9. The Bertz CT molecular complexity index is 1020. The van der Waals surface area contributed by atoms with Gasteiger partial charge in [0.15, 0.2) is 0 Å². The second-order valence-corrected chi connectivity index (χ2v) is 7.02. The molecule has 1 N–H and O–H groups in total. The summed E-state index contributed by atoms with van der Waals surface area (Å²) in [6, 6.07) is 17.6. The number of likely N-dealkylation sites (tertiary alicyclic amines) is 1. The summed E-state index contributed by atoms with van der Waals surface area (Å²) in [6.07, 6.45) is 6.33. The van der Waals surface area contributed by atoms with Gasteiger partial charge in [0.05, 0.1) is 12.8 Å². The van der Waals surface area contributed by atoms with Crippen LogP contribution in [-0.4, -0.2) is 31.1 Å². The van der Waals surface area contributed by atoms with Crippen molar-refractivity contribution in [2.24, 2.45) is 0 Å². The zero-order chi connectivity index (χ0) is 19.3. The largest absolute Gasteiger partial charge is 0.497 e. The molecule has 0 bridgehead atoms. The molecule has 28 heavy (non-hydrogen) atoms. The molecular formula is C23H24N2O3. The van der Waals surface area contributed by atoms with Gasteiger partial charge in [-0.1, -0.05) is 30.3 Å². The molecule has 0 atom stereocenters. The molecule has 0 saturated carbocycles. The lowest BCUT2D eigenvalue weighted by atomic mass is 10.0. The number of nitrogens with zero attached hydrogens (tertiary/aromatic N) is 1. The van der Waals surface area contributed by atoms with Crippen LogP contribution in [0.3, 0.4) is 0 Å². The molecule has 5 heteroatoms. The number of ether oxygens (including phenoxy) is 1. The van der Waals surface area contributed by atoms with E-state index in [1.54, 1.807) is 19.2 Å². The number of benzene rings is 2. The standard InChI is InChI=1S/C23H24N2O3/c1-27-19-7-8-22-20(15-19)21(16-23(26)28-22)24-18-10-13-25(14-11-18)12-9-17-5-3-2-4-6-17/h2-9,12,15-16,18,24H,10-11,13-14H2,1H3/b12-9+. The van der Waals surface area contributed by atoms with Crippen molar-refractivity contribution in [2.75, 3.05) is 25.5 Å². The minimum Gasteiger partial charge on any atom is -0.497 e. The van der Waals surface area contributed by atoms with Crippen LogP contribution in [-0.2, 0) is 0 Å². The van der Waals surface area contributed by atoms with Gasteiger partial charge >= 0.3 is 5.63 Å². The average molecular weight is 376 g/mol. The van der Waals surface area contributed by atoms with Gasteiger partial charge in [0.25, 0.3) is 0 Å². The van der Waals surface area contributed by atoms with Crippen LogP contribution in [0, 0.1) is 0 Å². The highest BCUT2D eigenvalue weighted by Crippen LogP contribution is 2.28. The lowest BCUT2D eigenvalue weighted by molar-refractivity contribution is 0.295. The predicted octanol–water partition coefficient (Wildman–Crippen LogP) is 4.35. The van der Waals surface area contributed by atoms with Crippen LogP contribution in [0.5, 0.6) is 5.75 Å². The van der Waals surface area contributed by atoms with Gasteiger partial charge in [-0.3, -0.25) is 0 Å². The zero-order valence-electron chi connectivity index (χ0n) is 15.9. The van der Waals surface area contributed by atoms with E-state index in [1.807, 2.05) is 24.3 Å². The third-order valence-corrected chi connectivity index (χ3v) is 5.12. The maximum atomic E-state index is 11.9. The first-order valence-corrected chi connectivity index (χ1v) is 9.57. The van der Waals surface area contributed by atoms with E-state index >= 15 is 0 Å². The smallest absolute Gasteiger partial charge is 0.338 e. The van der Waals surface area contributed by atoms with E-state index in [1.165, 1.54) is 11.6 Å². The van der Waals surface area contributed by atoms with Crippen LogP contribution in [0.4, 0.5) is 5.69 Å². The van der Waals surface area contributed by atoms with Crippen LogP contribution in [0.2, 0.25) is 0 Å².